The standard InChI is InChI=1S/C21H28N4O6/c1-12-18(20(28)30-3)14(10-22-12)24-16(26)8-6-5-7-9-17(27)25-15-11-23-13(2)19(15)21(29)31-4/h10-11,22-23H,5-9H2,1-4H3,(H,24,26)(H,25,27). The fourth-order valence-electron chi connectivity index (χ4n) is 3.15. The molecule has 0 spiro atoms. The topological polar surface area (TPSA) is 142 Å². The van der Waals surface area contributed by atoms with E-state index in [1.54, 1.807) is 26.2 Å². The maximum absolute atomic E-state index is 12.2. The molecule has 0 fully saturated rings. The molecule has 0 aromatic carbocycles. The van der Waals surface area contributed by atoms with Gasteiger partial charge < -0.3 is 30.1 Å². The van der Waals surface area contributed by atoms with Gasteiger partial charge in [0, 0.05) is 36.6 Å². The van der Waals surface area contributed by atoms with Crippen molar-refractivity contribution in [3.63, 3.8) is 0 Å². The molecule has 10 heteroatoms. The third kappa shape index (κ3) is 6.21. The predicted octanol–water partition coefficient (Wildman–Crippen LogP) is 3.06. The molecule has 0 aliphatic carbocycles. The SMILES string of the molecule is COC(=O)c1c(NC(=O)CCCCCC(=O)Nc2c[nH]c(C)c2C(=O)OC)c[nH]c1C. The maximum Gasteiger partial charge on any atom is 0.341 e. The first-order valence-electron chi connectivity index (χ1n) is 9.90. The van der Waals surface area contributed by atoms with Crippen molar-refractivity contribution in [3.05, 3.63) is 34.9 Å². The number of aromatic nitrogens is 2. The van der Waals surface area contributed by atoms with Crippen molar-refractivity contribution in [2.45, 2.75) is 46.0 Å². The lowest BCUT2D eigenvalue weighted by molar-refractivity contribution is -0.116. The van der Waals surface area contributed by atoms with Gasteiger partial charge in [0.25, 0.3) is 0 Å². The van der Waals surface area contributed by atoms with E-state index in [1.165, 1.54) is 14.2 Å². The molecule has 0 saturated carbocycles. The zero-order valence-electron chi connectivity index (χ0n) is 18.1. The molecule has 0 radical (unpaired) electrons. The highest BCUT2D eigenvalue weighted by molar-refractivity contribution is 6.03. The molecular formula is C21H28N4O6. The molecule has 0 aliphatic heterocycles. The van der Waals surface area contributed by atoms with Crippen LogP contribution in [0.2, 0.25) is 0 Å². The van der Waals surface area contributed by atoms with Crippen LogP contribution < -0.4 is 10.6 Å². The number of nitrogens with one attached hydrogen (secondary N) is 4. The van der Waals surface area contributed by atoms with Crippen molar-refractivity contribution < 1.29 is 28.7 Å². The number of unbranched alkanes of at least 4 members (excludes halogenated alkanes) is 2. The molecule has 0 atom stereocenters. The molecule has 0 aliphatic rings. The lowest BCUT2D eigenvalue weighted by Gasteiger charge is -2.07. The van der Waals surface area contributed by atoms with Gasteiger partial charge in [0.2, 0.25) is 11.8 Å². The molecule has 2 rings (SSSR count). The van der Waals surface area contributed by atoms with E-state index in [1.807, 2.05) is 0 Å². The summed E-state index contributed by atoms with van der Waals surface area (Å²) in [6.45, 7) is 3.44. The van der Waals surface area contributed by atoms with Crippen LogP contribution >= 0.6 is 0 Å². The van der Waals surface area contributed by atoms with Crippen LogP contribution in [0.25, 0.3) is 0 Å². The molecule has 0 unspecified atom stereocenters. The summed E-state index contributed by atoms with van der Waals surface area (Å²) in [4.78, 5) is 53.7. The maximum atomic E-state index is 12.2. The minimum Gasteiger partial charge on any atom is -0.465 e. The van der Waals surface area contributed by atoms with Crippen LogP contribution in [-0.4, -0.2) is 47.9 Å². The number of hydrogen-bond acceptors (Lipinski definition) is 6. The highest BCUT2D eigenvalue weighted by atomic mass is 16.5. The Morgan fingerprint density at radius 1 is 0.742 bits per heavy atom. The van der Waals surface area contributed by atoms with Gasteiger partial charge in [-0.05, 0) is 26.7 Å². The van der Waals surface area contributed by atoms with E-state index in [-0.39, 0.29) is 24.7 Å². The lowest BCUT2D eigenvalue weighted by atomic mass is 10.1. The van der Waals surface area contributed by atoms with E-state index >= 15 is 0 Å². The molecule has 2 amide bonds. The van der Waals surface area contributed by atoms with Crippen LogP contribution in [0.15, 0.2) is 12.4 Å². The van der Waals surface area contributed by atoms with Gasteiger partial charge in [0.1, 0.15) is 11.1 Å². The number of esters is 2. The first-order chi connectivity index (χ1) is 14.8. The second-order valence-electron chi connectivity index (χ2n) is 7.04. The number of ether oxygens (including phenoxy) is 2. The van der Waals surface area contributed by atoms with Crippen LogP contribution in [0.3, 0.4) is 0 Å². The van der Waals surface area contributed by atoms with Crippen LogP contribution in [0.5, 0.6) is 0 Å². The number of carbonyl (C=O) groups excluding carboxylic acids is 4. The number of hydrogen-bond donors (Lipinski definition) is 4. The third-order valence-electron chi connectivity index (χ3n) is 4.79. The Labute approximate surface area is 180 Å². The monoisotopic (exact) mass is 432 g/mol. The summed E-state index contributed by atoms with van der Waals surface area (Å²) in [5.74, 6) is -1.49. The van der Waals surface area contributed by atoms with Gasteiger partial charge >= 0.3 is 11.9 Å². The molecule has 2 heterocycles. The van der Waals surface area contributed by atoms with E-state index < -0.39 is 11.9 Å². The third-order valence-corrected chi connectivity index (χ3v) is 4.79. The molecule has 31 heavy (non-hydrogen) atoms. The van der Waals surface area contributed by atoms with Gasteiger partial charge in [-0.25, -0.2) is 9.59 Å². The van der Waals surface area contributed by atoms with E-state index in [9.17, 15) is 19.2 Å². The van der Waals surface area contributed by atoms with Gasteiger partial charge in [0.05, 0.1) is 25.6 Å². The summed E-state index contributed by atoms with van der Waals surface area (Å²) in [5, 5.41) is 5.41. The van der Waals surface area contributed by atoms with Gasteiger partial charge in [-0.3, -0.25) is 9.59 Å². The Hall–Kier alpha value is -3.56. The summed E-state index contributed by atoms with van der Waals surface area (Å²) in [5.41, 5.74) is 2.61. The second-order valence-corrected chi connectivity index (χ2v) is 7.04. The number of rotatable bonds is 10. The van der Waals surface area contributed by atoms with Crippen molar-refractivity contribution >= 4 is 35.1 Å². The summed E-state index contributed by atoms with van der Waals surface area (Å²) in [6, 6.07) is 0. The number of H-pyrrole nitrogens is 2. The van der Waals surface area contributed by atoms with Crippen molar-refractivity contribution in [1.82, 2.24) is 9.97 Å². The van der Waals surface area contributed by atoms with Crippen molar-refractivity contribution in [3.8, 4) is 0 Å². The average Bonchev–Trinajstić information content (AvgIpc) is 3.28. The normalized spacial score (nSPS) is 10.5. The highest BCUT2D eigenvalue weighted by Gasteiger charge is 2.19. The van der Waals surface area contributed by atoms with Gasteiger partial charge in [-0.1, -0.05) is 6.42 Å². The number of aromatic amines is 2. The zero-order valence-corrected chi connectivity index (χ0v) is 18.1. The molecule has 4 N–H and O–H groups in total. The molecule has 168 valence electrons. The number of carbonyl (C=O) groups is 4. The van der Waals surface area contributed by atoms with Gasteiger partial charge in [0.15, 0.2) is 0 Å². The molecule has 2 aromatic rings. The summed E-state index contributed by atoms with van der Waals surface area (Å²) in [7, 11) is 2.56. The van der Waals surface area contributed by atoms with E-state index in [0.29, 0.717) is 53.2 Å². The zero-order chi connectivity index (χ0) is 23.0. The molecule has 0 bridgehead atoms. The van der Waals surface area contributed by atoms with E-state index in [4.69, 9.17) is 9.47 Å². The second kappa shape index (κ2) is 11.0. The molecule has 2 aromatic heterocycles. The number of aryl methyl sites for hydroxylation is 2. The Kier molecular flexibility index (Phi) is 8.42. The van der Waals surface area contributed by atoms with E-state index in [2.05, 4.69) is 20.6 Å². The summed E-state index contributed by atoms with van der Waals surface area (Å²) >= 11 is 0. The van der Waals surface area contributed by atoms with Crippen molar-refractivity contribution in [2.75, 3.05) is 24.9 Å². The largest absolute Gasteiger partial charge is 0.465 e. The van der Waals surface area contributed by atoms with E-state index in [0.717, 1.165) is 0 Å². The molecule has 0 saturated heterocycles. The number of methoxy groups -OCH3 is 2. The minimum absolute atomic E-state index is 0.223. The van der Waals surface area contributed by atoms with Gasteiger partial charge in [-0.15, -0.1) is 0 Å². The summed E-state index contributed by atoms with van der Waals surface area (Å²) in [6.07, 6.45) is 5.47. The smallest absolute Gasteiger partial charge is 0.341 e. The van der Waals surface area contributed by atoms with Crippen molar-refractivity contribution in [1.29, 1.82) is 0 Å². The van der Waals surface area contributed by atoms with Crippen LogP contribution in [-0.2, 0) is 19.1 Å². The highest BCUT2D eigenvalue weighted by Crippen LogP contribution is 2.22. The lowest BCUT2D eigenvalue weighted by Crippen LogP contribution is -2.15. The summed E-state index contributed by atoms with van der Waals surface area (Å²) < 4.78 is 9.46. The predicted molar refractivity (Wildman–Crippen MR) is 114 cm³/mol. The number of amides is 2. The fourth-order valence-corrected chi connectivity index (χ4v) is 3.15. The van der Waals surface area contributed by atoms with Crippen LogP contribution in [0.4, 0.5) is 11.4 Å². The molecule has 10 nitrogen and oxygen atoms in total. The van der Waals surface area contributed by atoms with Crippen molar-refractivity contribution in [2.24, 2.45) is 0 Å². The van der Waals surface area contributed by atoms with Crippen LogP contribution in [0, 0.1) is 13.8 Å². The first-order valence-corrected chi connectivity index (χ1v) is 9.90. The van der Waals surface area contributed by atoms with Gasteiger partial charge in [-0.2, -0.15) is 0 Å². The minimum atomic E-state index is -0.520. The van der Waals surface area contributed by atoms with Crippen LogP contribution in [0.1, 0.15) is 64.2 Å². The average molecular weight is 432 g/mol. The Morgan fingerprint density at radius 2 is 1.13 bits per heavy atom. The Bertz CT molecular complexity index is 883. The molecular weight excluding hydrogens is 404 g/mol. The fraction of sp³-hybridized carbons (Fsp3) is 0.429. The number of anilines is 2. The first kappa shape index (κ1) is 23.7. The Balaban J connectivity index is 1.73. The Morgan fingerprint density at radius 3 is 1.48 bits per heavy atom. The quantitative estimate of drug-likeness (QED) is 0.336.